The maximum atomic E-state index is 14.7. The minimum atomic E-state index is -0.247. The molecule has 31 heavy (non-hydrogen) atoms. The molecule has 6 rings (SSSR count). The molecule has 9 heteroatoms. The van der Waals surface area contributed by atoms with Crippen molar-refractivity contribution in [3.05, 3.63) is 53.0 Å². The summed E-state index contributed by atoms with van der Waals surface area (Å²) in [5.41, 5.74) is 4.93. The van der Waals surface area contributed by atoms with Gasteiger partial charge in [-0.1, -0.05) is 0 Å². The van der Waals surface area contributed by atoms with E-state index in [4.69, 9.17) is 9.47 Å². The number of aromatic nitrogens is 5. The number of rotatable bonds is 1. The Labute approximate surface area is 177 Å². The van der Waals surface area contributed by atoms with Crippen molar-refractivity contribution in [2.45, 2.75) is 26.3 Å². The molecule has 3 aromatic heterocycles. The zero-order chi connectivity index (χ0) is 21.3. The summed E-state index contributed by atoms with van der Waals surface area (Å²) in [6.45, 7) is 5.11. The highest BCUT2D eigenvalue weighted by Crippen LogP contribution is 2.42. The number of benzene rings is 1. The standard InChI is InChI=1S/C22H21FN6O2/c1-11-20(28(3)12(2)26-11)14-6-18-22(29-10-25-27-21(14)29)24-7-15-16(23)4-5-17-19(15)13(8-30-17)9-31-18/h4-6,10,13,24H,7-9H2,1-3H3/t13-/m1/s1. The first-order valence-corrected chi connectivity index (χ1v) is 10.2. The van der Waals surface area contributed by atoms with Crippen LogP contribution in [-0.2, 0) is 13.6 Å². The van der Waals surface area contributed by atoms with Crippen LogP contribution in [0.3, 0.4) is 0 Å². The maximum Gasteiger partial charge on any atom is 0.171 e. The Morgan fingerprint density at radius 2 is 1.97 bits per heavy atom. The van der Waals surface area contributed by atoms with E-state index in [-0.39, 0.29) is 11.7 Å². The minimum absolute atomic E-state index is 0.0332. The number of pyridine rings is 1. The van der Waals surface area contributed by atoms with Gasteiger partial charge in [-0.15, -0.1) is 10.2 Å². The Morgan fingerprint density at radius 3 is 2.74 bits per heavy atom. The lowest BCUT2D eigenvalue weighted by molar-refractivity contribution is 0.249. The molecule has 5 heterocycles. The van der Waals surface area contributed by atoms with Crippen molar-refractivity contribution in [3.8, 4) is 22.8 Å². The van der Waals surface area contributed by atoms with Crippen LogP contribution < -0.4 is 14.8 Å². The minimum Gasteiger partial charge on any atom is -0.493 e. The molecule has 158 valence electrons. The summed E-state index contributed by atoms with van der Waals surface area (Å²) in [5, 5.41) is 11.9. The number of hydrogen-bond acceptors (Lipinski definition) is 6. The van der Waals surface area contributed by atoms with Gasteiger partial charge in [-0.05, 0) is 32.0 Å². The van der Waals surface area contributed by atoms with Crippen molar-refractivity contribution in [3.63, 3.8) is 0 Å². The molecule has 0 radical (unpaired) electrons. The first-order chi connectivity index (χ1) is 15.0. The van der Waals surface area contributed by atoms with E-state index >= 15 is 0 Å². The highest BCUT2D eigenvalue weighted by Gasteiger charge is 2.32. The van der Waals surface area contributed by atoms with Crippen LogP contribution in [0, 0.1) is 19.7 Å². The number of ether oxygens (including phenoxy) is 2. The lowest BCUT2D eigenvalue weighted by Gasteiger charge is -2.17. The number of halogens is 1. The van der Waals surface area contributed by atoms with E-state index in [9.17, 15) is 4.39 Å². The van der Waals surface area contributed by atoms with Gasteiger partial charge in [-0.2, -0.15) is 0 Å². The number of hydrogen-bond donors (Lipinski definition) is 1. The van der Waals surface area contributed by atoms with Gasteiger partial charge >= 0.3 is 0 Å². The van der Waals surface area contributed by atoms with Crippen LogP contribution in [0.15, 0.2) is 24.5 Å². The van der Waals surface area contributed by atoms with E-state index in [0.717, 1.165) is 34.1 Å². The zero-order valence-corrected chi connectivity index (χ0v) is 17.4. The number of imidazole rings is 1. The van der Waals surface area contributed by atoms with Crippen LogP contribution in [0.25, 0.3) is 16.9 Å². The second-order valence-electron chi connectivity index (χ2n) is 8.06. The molecule has 0 saturated heterocycles. The van der Waals surface area contributed by atoms with Crippen LogP contribution in [0.5, 0.6) is 11.5 Å². The summed E-state index contributed by atoms with van der Waals surface area (Å²) in [6, 6.07) is 5.13. The van der Waals surface area contributed by atoms with E-state index in [1.165, 1.54) is 6.07 Å². The smallest absolute Gasteiger partial charge is 0.171 e. The fraction of sp³-hybridized carbons (Fsp3) is 0.318. The molecule has 0 amide bonds. The van der Waals surface area contributed by atoms with E-state index in [2.05, 4.69) is 20.5 Å². The molecular weight excluding hydrogens is 399 g/mol. The molecule has 0 spiro atoms. The normalized spacial score (nSPS) is 17.1. The Morgan fingerprint density at radius 1 is 1.16 bits per heavy atom. The van der Waals surface area contributed by atoms with Gasteiger partial charge in [0.2, 0.25) is 0 Å². The van der Waals surface area contributed by atoms with Crippen molar-refractivity contribution in [1.82, 2.24) is 24.1 Å². The number of fused-ring (bicyclic) bond motifs is 3. The SMILES string of the molecule is Cc1nc(C)n(C)c1-c1cc2c(n3cnnc13)NCc1c(F)ccc3c1[C@H](CO3)CO2. The zero-order valence-electron chi connectivity index (χ0n) is 17.4. The quantitative estimate of drug-likeness (QED) is 0.509. The molecule has 0 fully saturated rings. The summed E-state index contributed by atoms with van der Waals surface area (Å²) >= 11 is 0. The second kappa shape index (κ2) is 6.44. The average molecular weight is 420 g/mol. The van der Waals surface area contributed by atoms with Gasteiger partial charge in [0.15, 0.2) is 17.2 Å². The van der Waals surface area contributed by atoms with Gasteiger partial charge in [0.25, 0.3) is 0 Å². The topological polar surface area (TPSA) is 78.5 Å². The molecule has 0 saturated carbocycles. The highest BCUT2D eigenvalue weighted by molar-refractivity contribution is 5.81. The third kappa shape index (κ3) is 2.55. The third-order valence-corrected chi connectivity index (χ3v) is 6.27. The van der Waals surface area contributed by atoms with Gasteiger partial charge in [-0.3, -0.25) is 4.40 Å². The number of aryl methyl sites for hydroxylation is 2. The van der Waals surface area contributed by atoms with E-state index < -0.39 is 0 Å². The third-order valence-electron chi connectivity index (χ3n) is 6.27. The lowest BCUT2D eigenvalue weighted by atomic mass is 9.96. The Hall–Kier alpha value is -3.62. The van der Waals surface area contributed by atoms with Crippen LogP contribution in [0.4, 0.5) is 10.2 Å². The van der Waals surface area contributed by atoms with Gasteiger partial charge in [0, 0.05) is 30.3 Å². The molecule has 2 aliphatic rings. The van der Waals surface area contributed by atoms with Crippen molar-refractivity contribution in [2.24, 2.45) is 7.05 Å². The molecule has 1 N–H and O–H groups in total. The fourth-order valence-electron chi connectivity index (χ4n) is 4.71. The van der Waals surface area contributed by atoms with Crippen LogP contribution in [-0.4, -0.2) is 37.4 Å². The molecule has 1 aromatic carbocycles. The van der Waals surface area contributed by atoms with Crippen LogP contribution in [0.1, 0.15) is 28.6 Å². The first kappa shape index (κ1) is 18.2. The van der Waals surface area contributed by atoms with Crippen LogP contribution in [0.2, 0.25) is 0 Å². The van der Waals surface area contributed by atoms with E-state index in [0.29, 0.717) is 42.5 Å². The van der Waals surface area contributed by atoms with Gasteiger partial charge in [0.05, 0.1) is 30.5 Å². The van der Waals surface area contributed by atoms with Crippen LogP contribution >= 0.6 is 0 Å². The second-order valence-corrected chi connectivity index (χ2v) is 8.06. The number of nitrogens with zero attached hydrogens (tertiary/aromatic N) is 5. The lowest BCUT2D eigenvalue weighted by Crippen LogP contribution is -2.13. The van der Waals surface area contributed by atoms with Crippen molar-refractivity contribution in [2.75, 3.05) is 18.5 Å². The molecule has 0 unspecified atom stereocenters. The van der Waals surface area contributed by atoms with Gasteiger partial charge in [0.1, 0.15) is 23.7 Å². The molecular formula is C22H21FN6O2. The Balaban J connectivity index is 1.55. The summed E-state index contributed by atoms with van der Waals surface area (Å²) in [7, 11) is 1.98. The molecule has 2 aliphatic heterocycles. The number of anilines is 1. The Kier molecular flexibility index (Phi) is 3.77. The number of nitrogens with one attached hydrogen (secondary N) is 1. The average Bonchev–Trinajstić information content (AvgIpc) is 3.45. The summed E-state index contributed by atoms with van der Waals surface area (Å²) < 4.78 is 30.7. The predicted octanol–water partition coefficient (Wildman–Crippen LogP) is 3.37. The van der Waals surface area contributed by atoms with E-state index in [1.54, 1.807) is 12.4 Å². The molecule has 1 atom stereocenters. The van der Waals surface area contributed by atoms with Gasteiger partial charge in [-0.25, -0.2) is 9.37 Å². The monoisotopic (exact) mass is 420 g/mol. The van der Waals surface area contributed by atoms with Gasteiger partial charge < -0.3 is 19.4 Å². The molecule has 4 aromatic rings. The first-order valence-electron chi connectivity index (χ1n) is 10.2. The molecule has 0 aliphatic carbocycles. The predicted molar refractivity (Wildman–Crippen MR) is 112 cm³/mol. The largest absolute Gasteiger partial charge is 0.493 e. The summed E-state index contributed by atoms with van der Waals surface area (Å²) in [5.74, 6) is 2.71. The fourth-order valence-corrected chi connectivity index (χ4v) is 4.71. The van der Waals surface area contributed by atoms with Crippen molar-refractivity contribution < 1.29 is 13.9 Å². The van der Waals surface area contributed by atoms with Crippen molar-refractivity contribution >= 4 is 11.5 Å². The molecule has 8 nitrogen and oxygen atoms in total. The van der Waals surface area contributed by atoms with E-state index in [1.807, 2.05) is 35.9 Å². The molecule has 0 bridgehead atoms. The van der Waals surface area contributed by atoms with Crippen molar-refractivity contribution in [1.29, 1.82) is 0 Å². The Bertz CT molecular complexity index is 1360. The highest BCUT2D eigenvalue weighted by atomic mass is 19.1. The summed E-state index contributed by atoms with van der Waals surface area (Å²) in [4.78, 5) is 4.60. The summed E-state index contributed by atoms with van der Waals surface area (Å²) in [6.07, 6.45) is 1.64. The maximum absolute atomic E-state index is 14.7.